The molecule has 0 spiro atoms. The average molecular weight is 295 g/mol. The van der Waals surface area contributed by atoms with Crippen molar-refractivity contribution in [2.45, 2.75) is 19.4 Å². The Kier molecular flexibility index (Phi) is 5.20. The lowest BCUT2D eigenvalue weighted by Gasteiger charge is -2.19. The maximum Gasteiger partial charge on any atom is 0.0637 e. The van der Waals surface area contributed by atoms with Gasteiger partial charge < -0.3 is 5.32 Å². The lowest BCUT2D eigenvalue weighted by molar-refractivity contribution is 0.549. The Morgan fingerprint density at radius 1 is 1.26 bits per heavy atom. The molecule has 0 bridgehead atoms. The number of nitrogens with zero attached hydrogens (tertiary/aromatic N) is 1. The van der Waals surface area contributed by atoms with Crippen LogP contribution >= 0.6 is 23.2 Å². The number of halogens is 2. The van der Waals surface area contributed by atoms with E-state index in [1.54, 1.807) is 12.4 Å². The third kappa shape index (κ3) is 3.93. The third-order valence-corrected chi connectivity index (χ3v) is 3.51. The van der Waals surface area contributed by atoms with Crippen molar-refractivity contribution in [3.05, 3.63) is 63.9 Å². The Balaban J connectivity index is 2.24. The summed E-state index contributed by atoms with van der Waals surface area (Å²) in [5.41, 5.74) is 2.25. The molecule has 100 valence electrons. The van der Waals surface area contributed by atoms with Gasteiger partial charge in [-0.25, -0.2) is 0 Å². The molecule has 0 saturated carbocycles. The molecule has 1 aromatic heterocycles. The maximum absolute atomic E-state index is 6.22. The van der Waals surface area contributed by atoms with E-state index >= 15 is 0 Å². The lowest BCUT2D eigenvalue weighted by atomic mass is 9.99. The van der Waals surface area contributed by atoms with Crippen LogP contribution in [0.2, 0.25) is 10.0 Å². The molecule has 0 radical (unpaired) electrons. The van der Waals surface area contributed by atoms with Gasteiger partial charge in [0.15, 0.2) is 0 Å². The van der Waals surface area contributed by atoms with Gasteiger partial charge in [-0.1, -0.05) is 42.3 Å². The summed E-state index contributed by atoms with van der Waals surface area (Å²) in [5.74, 6) is 0. The molecular formula is C15H16Cl2N2. The quantitative estimate of drug-likeness (QED) is 0.890. The Labute approximate surface area is 123 Å². The monoisotopic (exact) mass is 294 g/mol. The number of likely N-dealkylation sites (N-methyl/N-ethyl adjacent to an activating group) is 1. The summed E-state index contributed by atoms with van der Waals surface area (Å²) in [5, 5.41) is 4.90. The molecule has 0 amide bonds. The first kappa shape index (κ1) is 14.3. The number of benzene rings is 1. The van der Waals surface area contributed by atoms with Crippen molar-refractivity contribution in [1.82, 2.24) is 10.3 Å². The topological polar surface area (TPSA) is 24.9 Å². The Hall–Kier alpha value is -1.09. The molecule has 0 fully saturated rings. The fraction of sp³-hybridized carbons (Fsp3) is 0.267. The number of hydrogen-bond donors (Lipinski definition) is 1. The minimum Gasteiger partial charge on any atom is -0.310 e. The van der Waals surface area contributed by atoms with Crippen molar-refractivity contribution in [3.63, 3.8) is 0 Å². The summed E-state index contributed by atoms with van der Waals surface area (Å²) in [6.07, 6.45) is 4.29. The number of pyridine rings is 1. The standard InChI is InChI=1S/C15H16Cl2N2/c1-2-19-15(13-6-7-18-10-14(13)17)9-11-4-3-5-12(16)8-11/h3-8,10,15,19H,2,9H2,1H3. The fourth-order valence-electron chi connectivity index (χ4n) is 2.11. The van der Waals surface area contributed by atoms with Gasteiger partial charge in [-0.15, -0.1) is 0 Å². The maximum atomic E-state index is 6.22. The van der Waals surface area contributed by atoms with Gasteiger partial charge in [0.25, 0.3) is 0 Å². The Morgan fingerprint density at radius 2 is 2.11 bits per heavy atom. The second kappa shape index (κ2) is 6.90. The summed E-state index contributed by atoms with van der Waals surface area (Å²) in [4.78, 5) is 4.03. The van der Waals surface area contributed by atoms with E-state index in [-0.39, 0.29) is 6.04 Å². The molecule has 1 atom stereocenters. The van der Waals surface area contributed by atoms with Gasteiger partial charge in [-0.3, -0.25) is 4.98 Å². The number of hydrogen-bond acceptors (Lipinski definition) is 2. The number of nitrogens with one attached hydrogen (secondary N) is 1. The molecule has 1 heterocycles. The third-order valence-electron chi connectivity index (χ3n) is 2.96. The van der Waals surface area contributed by atoms with Crippen molar-refractivity contribution in [3.8, 4) is 0 Å². The predicted molar refractivity (Wildman–Crippen MR) is 80.8 cm³/mol. The molecule has 0 aliphatic rings. The summed E-state index contributed by atoms with van der Waals surface area (Å²) >= 11 is 12.2. The van der Waals surface area contributed by atoms with E-state index in [2.05, 4.69) is 23.3 Å². The van der Waals surface area contributed by atoms with Gasteiger partial charge in [0.2, 0.25) is 0 Å². The van der Waals surface area contributed by atoms with Crippen LogP contribution in [-0.2, 0) is 6.42 Å². The van der Waals surface area contributed by atoms with E-state index in [1.807, 2.05) is 24.3 Å². The summed E-state index contributed by atoms with van der Waals surface area (Å²) < 4.78 is 0. The molecule has 1 unspecified atom stereocenters. The molecule has 0 aliphatic carbocycles. The van der Waals surface area contributed by atoms with Crippen LogP contribution in [0.25, 0.3) is 0 Å². The molecule has 2 nitrogen and oxygen atoms in total. The minimum absolute atomic E-state index is 0.166. The SMILES string of the molecule is CCNC(Cc1cccc(Cl)c1)c1ccncc1Cl. The highest BCUT2D eigenvalue weighted by atomic mass is 35.5. The molecule has 1 aromatic carbocycles. The highest BCUT2D eigenvalue weighted by Gasteiger charge is 2.14. The zero-order chi connectivity index (χ0) is 13.7. The van der Waals surface area contributed by atoms with Crippen LogP contribution in [0.5, 0.6) is 0 Å². The van der Waals surface area contributed by atoms with Crippen LogP contribution in [0.4, 0.5) is 0 Å². The van der Waals surface area contributed by atoms with Gasteiger partial charge in [0.1, 0.15) is 0 Å². The van der Waals surface area contributed by atoms with Crippen LogP contribution in [0.3, 0.4) is 0 Å². The molecule has 4 heteroatoms. The molecule has 2 rings (SSSR count). The van der Waals surface area contributed by atoms with Crippen molar-refractivity contribution >= 4 is 23.2 Å². The zero-order valence-electron chi connectivity index (χ0n) is 10.7. The van der Waals surface area contributed by atoms with Gasteiger partial charge >= 0.3 is 0 Å². The van der Waals surface area contributed by atoms with Gasteiger partial charge in [0.05, 0.1) is 5.02 Å². The van der Waals surface area contributed by atoms with E-state index in [4.69, 9.17) is 23.2 Å². The Morgan fingerprint density at radius 3 is 2.79 bits per heavy atom. The van der Waals surface area contributed by atoms with E-state index in [1.165, 1.54) is 5.56 Å². The second-order valence-corrected chi connectivity index (χ2v) is 5.19. The molecule has 0 saturated heterocycles. The van der Waals surface area contributed by atoms with E-state index in [9.17, 15) is 0 Å². The van der Waals surface area contributed by atoms with Gasteiger partial charge in [-0.2, -0.15) is 0 Å². The van der Waals surface area contributed by atoms with Crippen LogP contribution < -0.4 is 5.32 Å². The normalized spacial score (nSPS) is 12.4. The average Bonchev–Trinajstić information content (AvgIpc) is 2.39. The molecule has 1 N–H and O–H groups in total. The number of aromatic nitrogens is 1. The first-order valence-electron chi connectivity index (χ1n) is 6.28. The van der Waals surface area contributed by atoms with Crippen LogP contribution in [0.1, 0.15) is 24.1 Å². The summed E-state index contributed by atoms with van der Waals surface area (Å²) in [6, 6.07) is 10.0. The van der Waals surface area contributed by atoms with Crippen LogP contribution in [0.15, 0.2) is 42.7 Å². The molecular weight excluding hydrogens is 279 g/mol. The van der Waals surface area contributed by atoms with Crippen molar-refractivity contribution in [2.75, 3.05) is 6.54 Å². The largest absolute Gasteiger partial charge is 0.310 e. The van der Waals surface area contributed by atoms with Crippen LogP contribution in [0, 0.1) is 0 Å². The van der Waals surface area contributed by atoms with E-state index in [0.29, 0.717) is 5.02 Å². The molecule has 19 heavy (non-hydrogen) atoms. The van der Waals surface area contributed by atoms with Crippen LogP contribution in [-0.4, -0.2) is 11.5 Å². The van der Waals surface area contributed by atoms with Crippen molar-refractivity contribution < 1.29 is 0 Å². The first-order valence-corrected chi connectivity index (χ1v) is 7.03. The van der Waals surface area contributed by atoms with E-state index < -0.39 is 0 Å². The highest BCUT2D eigenvalue weighted by Crippen LogP contribution is 2.25. The van der Waals surface area contributed by atoms with Crippen molar-refractivity contribution in [2.24, 2.45) is 0 Å². The summed E-state index contributed by atoms with van der Waals surface area (Å²) in [6.45, 7) is 2.96. The minimum atomic E-state index is 0.166. The first-order chi connectivity index (χ1) is 9.20. The lowest BCUT2D eigenvalue weighted by Crippen LogP contribution is -2.23. The number of rotatable bonds is 5. The molecule has 2 aromatic rings. The second-order valence-electron chi connectivity index (χ2n) is 4.34. The van der Waals surface area contributed by atoms with E-state index in [0.717, 1.165) is 23.6 Å². The zero-order valence-corrected chi connectivity index (χ0v) is 12.2. The van der Waals surface area contributed by atoms with Gasteiger partial charge in [-0.05, 0) is 42.3 Å². The Bertz CT molecular complexity index is 543. The fourth-order valence-corrected chi connectivity index (χ4v) is 2.57. The predicted octanol–water partition coefficient (Wildman–Crippen LogP) is 4.28. The van der Waals surface area contributed by atoms with Gasteiger partial charge in [0, 0.05) is 23.5 Å². The summed E-state index contributed by atoms with van der Waals surface area (Å²) in [7, 11) is 0. The highest BCUT2D eigenvalue weighted by molar-refractivity contribution is 6.31. The van der Waals surface area contributed by atoms with Crippen molar-refractivity contribution in [1.29, 1.82) is 0 Å². The smallest absolute Gasteiger partial charge is 0.0637 e. The molecule has 0 aliphatic heterocycles.